The van der Waals surface area contributed by atoms with Crippen molar-refractivity contribution in [2.75, 3.05) is 26.3 Å². The molecule has 5 rings (SSSR count). The van der Waals surface area contributed by atoms with Crippen LogP contribution >= 0.6 is 23.2 Å². The molecule has 1 unspecified atom stereocenters. The molecule has 0 bridgehead atoms. The average molecular weight is 578 g/mol. The van der Waals surface area contributed by atoms with Crippen molar-refractivity contribution in [2.45, 2.75) is 77.4 Å². The first-order chi connectivity index (χ1) is 18.0. The number of rotatable bonds is 6. The van der Waals surface area contributed by atoms with Gasteiger partial charge >= 0.3 is 0 Å². The number of nitrogens with zero attached hydrogens (tertiary/aromatic N) is 4. The van der Waals surface area contributed by atoms with Crippen LogP contribution in [0.2, 0.25) is 28.2 Å². The maximum absolute atomic E-state index is 13.5. The van der Waals surface area contributed by atoms with E-state index in [2.05, 4.69) is 49.7 Å². The fourth-order valence-corrected chi connectivity index (χ4v) is 6.66. The summed E-state index contributed by atoms with van der Waals surface area (Å²) in [5, 5.41) is 6.73. The average Bonchev–Trinajstić information content (AvgIpc) is 3.42. The highest BCUT2D eigenvalue weighted by atomic mass is 35.5. The SMILES string of the molecule is CC(C)(C)[Si](C)(C)OCCN1CCc2c(-c3cnn(C4CCCCO4)c3)c3ccc(Cl)c(Cl)c3n2CC1=O. The second-order valence-electron chi connectivity index (χ2n) is 11.9. The molecular weight excluding hydrogens is 539 g/mol. The van der Waals surface area contributed by atoms with Crippen LogP contribution in [0.1, 0.15) is 52.0 Å². The van der Waals surface area contributed by atoms with Gasteiger partial charge in [0.1, 0.15) is 12.8 Å². The van der Waals surface area contributed by atoms with Crippen molar-refractivity contribution in [3.05, 3.63) is 40.3 Å². The van der Waals surface area contributed by atoms with Gasteiger partial charge in [-0.15, -0.1) is 0 Å². The molecule has 3 aromatic rings. The summed E-state index contributed by atoms with van der Waals surface area (Å²) in [6, 6.07) is 3.83. The molecule has 7 nitrogen and oxygen atoms in total. The highest BCUT2D eigenvalue weighted by molar-refractivity contribution is 6.74. The topological polar surface area (TPSA) is 61.5 Å². The van der Waals surface area contributed by atoms with Gasteiger partial charge in [0.05, 0.1) is 28.4 Å². The number of benzene rings is 1. The van der Waals surface area contributed by atoms with Crippen molar-refractivity contribution >= 4 is 48.3 Å². The van der Waals surface area contributed by atoms with Crippen LogP contribution in [0.5, 0.6) is 0 Å². The predicted octanol–water partition coefficient (Wildman–Crippen LogP) is 6.92. The van der Waals surface area contributed by atoms with Crippen molar-refractivity contribution in [2.24, 2.45) is 0 Å². The molecule has 4 heterocycles. The number of carbonyl (C=O) groups excluding carboxylic acids is 1. The minimum absolute atomic E-state index is 0.0408. The first-order valence-corrected chi connectivity index (χ1v) is 17.2. The number of carbonyl (C=O) groups is 1. The lowest BCUT2D eigenvalue weighted by molar-refractivity contribution is -0.131. The summed E-state index contributed by atoms with van der Waals surface area (Å²) in [6.07, 6.45) is 7.80. The van der Waals surface area contributed by atoms with E-state index in [0.717, 1.165) is 53.6 Å². The van der Waals surface area contributed by atoms with Gasteiger partial charge in [-0.1, -0.05) is 50.0 Å². The molecule has 1 aromatic carbocycles. The van der Waals surface area contributed by atoms with E-state index in [1.807, 2.05) is 27.9 Å². The number of aromatic nitrogens is 3. The molecule has 0 spiro atoms. The Hall–Kier alpha value is -1.84. The third-order valence-corrected chi connectivity index (χ3v) is 13.8. The van der Waals surface area contributed by atoms with Crippen LogP contribution in [0.3, 0.4) is 0 Å². The van der Waals surface area contributed by atoms with Crippen LogP contribution < -0.4 is 0 Å². The zero-order valence-corrected chi connectivity index (χ0v) is 25.5. The lowest BCUT2D eigenvalue weighted by Crippen LogP contribution is -2.44. The predicted molar refractivity (Wildman–Crippen MR) is 155 cm³/mol. The van der Waals surface area contributed by atoms with Gasteiger partial charge in [-0.3, -0.25) is 4.79 Å². The highest BCUT2D eigenvalue weighted by Crippen LogP contribution is 2.42. The summed E-state index contributed by atoms with van der Waals surface area (Å²) in [5.74, 6) is 0.0633. The summed E-state index contributed by atoms with van der Waals surface area (Å²) in [5.41, 5.74) is 3.94. The smallest absolute Gasteiger partial charge is 0.242 e. The highest BCUT2D eigenvalue weighted by Gasteiger charge is 2.37. The summed E-state index contributed by atoms with van der Waals surface area (Å²) < 4.78 is 16.3. The molecule has 206 valence electrons. The number of amides is 1. The van der Waals surface area contributed by atoms with Crippen molar-refractivity contribution < 1.29 is 14.0 Å². The van der Waals surface area contributed by atoms with Gasteiger partial charge in [0.25, 0.3) is 0 Å². The quantitative estimate of drug-likeness (QED) is 0.299. The second-order valence-corrected chi connectivity index (χ2v) is 17.5. The monoisotopic (exact) mass is 576 g/mol. The van der Waals surface area contributed by atoms with Gasteiger partial charge in [0, 0.05) is 54.5 Å². The lowest BCUT2D eigenvalue weighted by atomic mass is 10.0. The van der Waals surface area contributed by atoms with E-state index in [9.17, 15) is 4.79 Å². The molecule has 1 atom stereocenters. The van der Waals surface area contributed by atoms with Gasteiger partial charge in [0.15, 0.2) is 8.32 Å². The Morgan fingerprint density at radius 1 is 1.21 bits per heavy atom. The van der Waals surface area contributed by atoms with Crippen LogP contribution in [0.4, 0.5) is 0 Å². The number of hydrogen-bond donors (Lipinski definition) is 0. The second kappa shape index (κ2) is 10.6. The Morgan fingerprint density at radius 2 is 2.00 bits per heavy atom. The van der Waals surface area contributed by atoms with Crippen LogP contribution in [0, 0.1) is 0 Å². The fourth-order valence-electron chi connectivity index (χ4n) is 5.21. The summed E-state index contributed by atoms with van der Waals surface area (Å²) >= 11 is 13.2. The molecule has 2 aromatic heterocycles. The third-order valence-electron chi connectivity index (χ3n) is 8.46. The molecular formula is C28H38Cl2N4O3Si. The van der Waals surface area contributed by atoms with E-state index in [1.54, 1.807) is 0 Å². The molecule has 1 fully saturated rings. The standard InChI is InChI=1S/C28H38Cl2N4O3Si/c1-28(2,3)38(4,5)37-15-13-32-12-11-22-25(19-16-31-34(17-19)24-8-6-7-14-36-24)20-9-10-21(29)26(30)27(20)33(22)18-23(32)35/h9-10,16-17,24H,6-8,11-15,18H2,1-5H3. The van der Waals surface area contributed by atoms with Crippen LogP contribution in [0.15, 0.2) is 24.5 Å². The van der Waals surface area contributed by atoms with Crippen LogP contribution in [-0.2, 0) is 26.9 Å². The number of hydrogen-bond acceptors (Lipinski definition) is 4. The Morgan fingerprint density at radius 3 is 2.71 bits per heavy atom. The van der Waals surface area contributed by atoms with Gasteiger partial charge in [-0.25, -0.2) is 4.68 Å². The van der Waals surface area contributed by atoms with Crippen molar-refractivity contribution in [1.29, 1.82) is 0 Å². The number of fused-ring (bicyclic) bond motifs is 3. The van der Waals surface area contributed by atoms with Gasteiger partial charge < -0.3 is 18.6 Å². The Labute approximate surface area is 236 Å². The van der Waals surface area contributed by atoms with Gasteiger partial charge in [-0.05, 0) is 43.5 Å². The fraction of sp³-hybridized carbons (Fsp3) is 0.571. The Kier molecular flexibility index (Phi) is 7.74. The van der Waals surface area contributed by atoms with Crippen LogP contribution in [0.25, 0.3) is 22.0 Å². The maximum atomic E-state index is 13.5. The van der Waals surface area contributed by atoms with Crippen LogP contribution in [-0.4, -0.2) is 59.8 Å². The zero-order chi connectivity index (χ0) is 27.2. The number of ether oxygens (including phenoxy) is 1. The van der Waals surface area contributed by atoms with E-state index < -0.39 is 8.32 Å². The molecule has 38 heavy (non-hydrogen) atoms. The molecule has 0 N–H and O–H groups in total. The Bertz CT molecular complexity index is 1340. The normalized spacial score (nSPS) is 19.2. The van der Waals surface area contributed by atoms with E-state index in [1.165, 1.54) is 0 Å². The molecule has 10 heteroatoms. The molecule has 0 aliphatic carbocycles. The molecule has 1 saturated heterocycles. The van der Waals surface area contributed by atoms with Gasteiger partial charge in [-0.2, -0.15) is 5.10 Å². The lowest BCUT2D eigenvalue weighted by Gasteiger charge is -2.36. The largest absolute Gasteiger partial charge is 0.415 e. The van der Waals surface area contributed by atoms with E-state index in [4.69, 9.17) is 32.4 Å². The zero-order valence-electron chi connectivity index (χ0n) is 23.0. The van der Waals surface area contributed by atoms with Crippen molar-refractivity contribution in [1.82, 2.24) is 19.2 Å². The first kappa shape index (κ1) is 27.7. The van der Waals surface area contributed by atoms with Crippen molar-refractivity contribution in [3.63, 3.8) is 0 Å². The summed E-state index contributed by atoms with van der Waals surface area (Å²) in [7, 11) is -1.88. The van der Waals surface area contributed by atoms with E-state index in [0.29, 0.717) is 36.2 Å². The maximum Gasteiger partial charge on any atom is 0.242 e. The third kappa shape index (κ3) is 5.18. The van der Waals surface area contributed by atoms with E-state index in [-0.39, 0.29) is 23.7 Å². The summed E-state index contributed by atoms with van der Waals surface area (Å²) in [6.45, 7) is 13.9. The molecule has 2 aliphatic rings. The molecule has 0 radical (unpaired) electrons. The minimum Gasteiger partial charge on any atom is -0.415 e. The van der Waals surface area contributed by atoms with Crippen molar-refractivity contribution in [3.8, 4) is 11.1 Å². The molecule has 0 saturated carbocycles. The van der Waals surface area contributed by atoms with E-state index >= 15 is 0 Å². The number of halogens is 2. The minimum atomic E-state index is -1.88. The summed E-state index contributed by atoms with van der Waals surface area (Å²) in [4.78, 5) is 15.4. The Balaban J connectivity index is 1.46. The van der Waals surface area contributed by atoms with Gasteiger partial charge in [0.2, 0.25) is 5.91 Å². The molecule has 2 aliphatic heterocycles. The first-order valence-electron chi connectivity index (χ1n) is 13.5. The molecule has 1 amide bonds.